The van der Waals surface area contributed by atoms with Gasteiger partial charge in [-0.25, -0.2) is 0 Å². The van der Waals surface area contributed by atoms with Crippen LogP contribution < -0.4 is 14.8 Å². The second-order valence-electron chi connectivity index (χ2n) is 6.78. The second kappa shape index (κ2) is 8.68. The number of pyridine rings is 1. The molecule has 3 aromatic rings. The molecule has 1 aliphatic heterocycles. The second-order valence-corrected chi connectivity index (χ2v) is 7.57. The number of aromatic nitrogens is 1. The summed E-state index contributed by atoms with van der Waals surface area (Å²) in [5.41, 5.74) is 3.87. The zero-order chi connectivity index (χ0) is 20.2. The third-order valence-electron chi connectivity index (χ3n) is 4.54. The molecule has 0 bridgehead atoms. The van der Waals surface area contributed by atoms with Crippen molar-refractivity contribution < 1.29 is 9.47 Å². The van der Waals surface area contributed by atoms with Crippen molar-refractivity contribution >= 4 is 34.6 Å². The molecule has 2 heterocycles. The summed E-state index contributed by atoms with van der Waals surface area (Å²) in [6.45, 7) is 3.41. The van der Waals surface area contributed by atoms with Gasteiger partial charge in [-0.15, -0.1) is 0 Å². The molecule has 0 saturated carbocycles. The fourth-order valence-electron chi connectivity index (χ4n) is 3.08. The summed E-state index contributed by atoms with van der Waals surface area (Å²) < 4.78 is 10.9. The first-order chi connectivity index (χ1) is 14.1. The molecule has 1 N–H and O–H groups in total. The van der Waals surface area contributed by atoms with Crippen LogP contribution in [0.1, 0.15) is 16.8 Å². The Morgan fingerprint density at radius 3 is 2.79 bits per heavy atom. The van der Waals surface area contributed by atoms with Crippen LogP contribution in [0.5, 0.6) is 11.5 Å². The fraction of sp³-hybridized carbons (Fsp3) is 0.182. The number of aryl methyl sites for hydroxylation is 1. The summed E-state index contributed by atoms with van der Waals surface area (Å²) in [4.78, 5) is 6.49. The lowest BCUT2D eigenvalue weighted by molar-refractivity contribution is 0.174. The molecule has 1 aliphatic rings. The number of nitrogens with zero attached hydrogens (tertiary/aromatic N) is 2. The molecule has 0 amide bonds. The van der Waals surface area contributed by atoms with Gasteiger partial charge in [0, 0.05) is 12.7 Å². The van der Waals surface area contributed by atoms with E-state index in [1.807, 2.05) is 66.4 Å². The van der Waals surface area contributed by atoms with Crippen LogP contribution in [0.4, 0.5) is 5.69 Å². The Labute approximate surface area is 180 Å². The number of thiocarbonyl (C=S) groups is 1. The van der Waals surface area contributed by atoms with E-state index in [9.17, 15) is 0 Å². The number of benzene rings is 2. The van der Waals surface area contributed by atoms with Crippen molar-refractivity contribution in [2.24, 2.45) is 0 Å². The number of hydrogen-bond acceptors (Lipinski definition) is 4. The van der Waals surface area contributed by atoms with Gasteiger partial charge < -0.3 is 19.7 Å². The van der Waals surface area contributed by atoms with Gasteiger partial charge in [-0.1, -0.05) is 29.8 Å². The van der Waals surface area contributed by atoms with E-state index in [-0.39, 0.29) is 6.79 Å². The van der Waals surface area contributed by atoms with Crippen molar-refractivity contribution in [3.8, 4) is 11.5 Å². The maximum atomic E-state index is 6.35. The first-order valence-corrected chi connectivity index (χ1v) is 9.97. The molecule has 0 saturated heterocycles. The van der Waals surface area contributed by atoms with Gasteiger partial charge >= 0.3 is 0 Å². The minimum atomic E-state index is 0.252. The summed E-state index contributed by atoms with van der Waals surface area (Å²) in [5.74, 6) is 1.51. The highest BCUT2D eigenvalue weighted by atomic mass is 35.5. The summed E-state index contributed by atoms with van der Waals surface area (Å²) in [7, 11) is 0. The number of fused-ring (bicyclic) bond motifs is 1. The van der Waals surface area contributed by atoms with E-state index in [4.69, 9.17) is 33.3 Å². The minimum Gasteiger partial charge on any atom is -0.454 e. The smallest absolute Gasteiger partial charge is 0.231 e. The fourth-order valence-corrected chi connectivity index (χ4v) is 3.48. The summed E-state index contributed by atoms with van der Waals surface area (Å²) >= 11 is 12.1. The Morgan fingerprint density at radius 2 is 1.97 bits per heavy atom. The van der Waals surface area contributed by atoms with Gasteiger partial charge in [0.05, 0.1) is 22.9 Å². The van der Waals surface area contributed by atoms with Crippen molar-refractivity contribution in [2.45, 2.75) is 20.0 Å². The van der Waals surface area contributed by atoms with Gasteiger partial charge in [0.1, 0.15) is 0 Å². The minimum absolute atomic E-state index is 0.252. The Balaban J connectivity index is 1.57. The quantitative estimate of drug-likeness (QED) is 0.569. The number of rotatable bonds is 5. The van der Waals surface area contributed by atoms with E-state index in [1.54, 1.807) is 6.20 Å². The van der Waals surface area contributed by atoms with E-state index in [2.05, 4.69) is 10.3 Å². The van der Waals surface area contributed by atoms with Crippen LogP contribution in [0, 0.1) is 6.92 Å². The number of anilines is 1. The molecule has 1 aromatic heterocycles. The molecular formula is C22H20ClN3O2S. The van der Waals surface area contributed by atoms with Gasteiger partial charge in [0.2, 0.25) is 6.79 Å². The van der Waals surface area contributed by atoms with Crippen LogP contribution in [-0.4, -0.2) is 21.8 Å². The predicted octanol–water partition coefficient (Wildman–Crippen LogP) is 5.17. The molecule has 0 aliphatic carbocycles. The first kappa shape index (κ1) is 19.5. The molecule has 148 valence electrons. The molecule has 4 rings (SSSR count). The van der Waals surface area contributed by atoms with Crippen LogP contribution >= 0.6 is 23.8 Å². The highest BCUT2D eigenvalue weighted by molar-refractivity contribution is 7.80. The molecule has 0 fully saturated rings. The van der Waals surface area contributed by atoms with Crippen LogP contribution in [-0.2, 0) is 13.1 Å². The summed E-state index contributed by atoms with van der Waals surface area (Å²) in [6, 6.07) is 17.6. The van der Waals surface area contributed by atoms with Crippen molar-refractivity contribution in [1.82, 2.24) is 9.88 Å². The van der Waals surface area contributed by atoms with E-state index in [0.717, 1.165) is 34.0 Å². The molecule has 0 spiro atoms. The maximum Gasteiger partial charge on any atom is 0.231 e. The third kappa shape index (κ3) is 4.78. The molecule has 29 heavy (non-hydrogen) atoms. The van der Waals surface area contributed by atoms with Gasteiger partial charge in [-0.05, 0) is 66.7 Å². The van der Waals surface area contributed by atoms with Gasteiger partial charge in [0.15, 0.2) is 16.6 Å². The van der Waals surface area contributed by atoms with E-state index in [0.29, 0.717) is 23.2 Å². The van der Waals surface area contributed by atoms with Gasteiger partial charge in [0.25, 0.3) is 0 Å². The van der Waals surface area contributed by atoms with Crippen molar-refractivity contribution in [3.63, 3.8) is 0 Å². The monoisotopic (exact) mass is 425 g/mol. The lowest BCUT2D eigenvalue weighted by atomic mass is 10.2. The maximum absolute atomic E-state index is 6.35. The Kier molecular flexibility index (Phi) is 5.83. The standard InChI is InChI=1S/C22H20ClN3O2S/c1-15-5-7-18(23)19(10-15)25-22(29)26(13-17-4-2-3-9-24-17)12-16-6-8-20-21(11-16)28-14-27-20/h2-11H,12-14H2,1H3,(H,25,29). The molecule has 5 nitrogen and oxygen atoms in total. The lowest BCUT2D eigenvalue weighted by Gasteiger charge is -2.26. The van der Waals surface area contributed by atoms with E-state index < -0.39 is 0 Å². The number of hydrogen-bond donors (Lipinski definition) is 1. The molecule has 7 heteroatoms. The molecule has 0 unspecified atom stereocenters. The van der Waals surface area contributed by atoms with Crippen molar-refractivity contribution in [3.05, 3.63) is 82.6 Å². The van der Waals surface area contributed by atoms with E-state index >= 15 is 0 Å². The Bertz CT molecular complexity index is 1030. The van der Waals surface area contributed by atoms with Crippen molar-refractivity contribution in [2.75, 3.05) is 12.1 Å². The third-order valence-corrected chi connectivity index (χ3v) is 5.23. The topological polar surface area (TPSA) is 46.6 Å². The van der Waals surface area contributed by atoms with Crippen LogP contribution in [0.25, 0.3) is 0 Å². The zero-order valence-corrected chi connectivity index (χ0v) is 17.5. The van der Waals surface area contributed by atoms with Crippen LogP contribution in [0.2, 0.25) is 5.02 Å². The summed E-state index contributed by atoms with van der Waals surface area (Å²) in [6.07, 6.45) is 1.78. The summed E-state index contributed by atoms with van der Waals surface area (Å²) in [5, 5.41) is 4.48. The van der Waals surface area contributed by atoms with Gasteiger partial charge in [-0.2, -0.15) is 0 Å². The SMILES string of the molecule is Cc1ccc(Cl)c(NC(=S)N(Cc2ccc3c(c2)OCO3)Cc2ccccn2)c1. The Hall–Kier alpha value is -2.83. The largest absolute Gasteiger partial charge is 0.454 e. The van der Waals surface area contributed by atoms with Crippen LogP contribution in [0.15, 0.2) is 60.8 Å². The van der Waals surface area contributed by atoms with Crippen molar-refractivity contribution in [1.29, 1.82) is 0 Å². The average Bonchev–Trinajstić information content (AvgIpc) is 3.19. The molecule has 0 atom stereocenters. The lowest BCUT2D eigenvalue weighted by Crippen LogP contribution is -2.34. The predicted molar refractivity (Wildman–Crippen MR) is 118 cm³/mol. The van der Waals surface area contributed by atoms with E-state index in [1.165, 1.54) is 0 Å². The van der Waals surface area contributed by atoms with Gasteiger partial charge in [-0.3, -0.25) is 4.98 Å². The van der Waals surface area contributed by atoms with Crippen LogP contribution in [0.3, 0.4) is 0 Å². The average molecular weight is 426 g/mol. The zero-order valence-electron chi connectivity index (χ0n) is 15.9. The Morgan fingerprint density at radius 1 is 1.10 bits per heavy atom. The highest BCUT2D eigenvalue weighted by Crippen LogP contribution is 2.33. The molecule has 2 aromatic carbocycles. The number of nitrogens with one attached hydrogen (secondary N) is 1. The number of halogens is 1. The molecule has 0 radical (unpaired) electrons. The normalized spacial score (nSPS) is 11.9. The molecular weight excluding hydrogens is 406 g/mol. The number of ether oxygens (including phenoxy) is 2. The first-order valence-electron chi connectivity index (χ1n) is 9.19. The highest BCUT2D eigenvalue weighted by Gasteiger charge is 2.17.